The molecular weight excluding hydrogens is 318 g/mol. The van der Waals surface area contributed by atoms with E-state index >= 15 is 0 Å². The number of hydrogen-bond donors (Lipinski definition) is 1. The monoisotopic (exact) mass is 341 g/mol. The molecule has 2 aromatic rings. The van der Waals surface area contributed by atoms with Crippen LogP contribution in [0, 0.1) is 0 Å². The lowest BCUT2D eigenvalue weighted by atomic mass is 10.0. The van der Waals surface area contributed by atoms with Gasteiger partial charge in [0, 0.05) is 43.2 Å². The number of H-pyrrole nitrogens is 1. The highest BCUT2D eigenvalue weighted by Crippen LogP contribution is 2.39. The first-order chi connectivity index (χ1) is 12.1. The smallest absolute Gasteiger partial charge is 0.275 e. The number of amides is 1. The fraction of sp³-hybridized carbons (Fsp3) is 0.647. The summed E-state index contributed by atoms with van der Waals surface area (Å²) in [6.07, 6.45) is 3.29. The van der Waals surface area contributed by atoms with E-state index in [0.29, 0.717) is 24.7 Å². The van der Waals surface area contributed by atoms with Crippen LogP contribution in [0.1, 0.15) is 65.1 Å². The zero-order chi connectivity index (χ0) is 17.1. The molecule has 1 saturated carbocycles. The highest BCUT2D eigenvalue weighted by Gasteiger charge is 2.36. The summed E-state index contributed by atoms with van der Waals surface area (Å²) in [5, 5.41) is 12.1. The molecule has 1 fully saturated rings. The van der Waals surface area contributed by atoms with Crippen LogP contribution in [0.5, 0.6) is 0 Å². The average Bonchev–Trinajstić information content (AvgIpc) is 3.22. The van der Waals surface area contributed by atoms with Gasteiger partial charge in [-0.15, -0.1) is 0 Å². The fourth-order valence-corrected chi connectivity index (χ4v) is 3.92. The zero-order valence-electron chi connectivity index (χ0n) is 14.7. The minimum absolute atomic E-state index is 0.00234. The summed E-state index contributed by atoms with van der Waals surface area (Å²) in [5.41, 5.74) is 2.73. The summed E-state index contributed by atoms with van der Waals surface area (Å²) in [6, 6.07) is -0.0741. The van der Waals surface area contributed by atoms with E-state index in [4.69, 9.17) is 4.98 Å². The van der Waals surface area contributed by atoms with Crippen molar-refractivity contribution in [3.05, 3.63) is 28.6 Å². The Labute approximate surface area is 146 Å². The van der Waals surface area contributed by atoms with E-state index in [9.17, 15) is 4.79 Å². The van der Waals surface area contributed by atoms with Crippen LogP contribution in [0.25, 0.3) is 0 Å². The maximum Gasteiger partial charge on any atom is 0.275 e. The molecule has 8 heteroatoms. The van der Waals surface area contributed by atoms with Gasteiger partial charge in [0.15, 0.2) is 11.5 Å². The van der Waals surface area contributed by atoms with Crippen LogP contribution < -0.4 is 0 Å². The Morgan fingerprint density at radius 3 is 2.88 bits per heavy atom. The molecule has 0 radical (unpaired) electrons. The molecule has 1 amide bonds. The number of nitrogens with one attached hydrogen (secondary N) is 1. The number of carbonyl (C=O) groups is 1. The molecule has 0 bridgehead atoms. The molecule has 0 aromatic carbocycles. The number of hydrogen-bond acceptors (Lipinski definition) is 5. The van der Waals surface area contributed by atoms with Crippen molar-refractivity contribution in [2.24, 2.45) is 0 Å². The highest BCUT2D eigenvalue weighted by atomic mass is 16.2. The second kappa shape index (κ2) is 5.39. The van der Waals surface area contributed by atoms with Crippen molar-refractivity contribution in [1.82, 2.24) is 34.8 Å². The van der Waals surface area contributed by atoms with Crippen LogP contribution in [0.4, 0.5) is 0 Å². The Bertz CT molecular complexity index is 834. The lowest BCUT2D eigenvalue weighted by Crippen LogP contribution is -2.42. The highest BCUT2D eigenvalue weighted by molar-refractivity contribution is 5.94. The molecule has 2 aromatic heterocycles. The standard InChI is InChI=1S/C17H23N7O/c1-10-16-18-15(11-3-4-11)21-24(16)8-7-23(10)17(25)14-12-9-22(2)6-5-13(12)19-20-14/h10-11H,3-9H2,1-2H3,(H,19,20)/t10-/m1/s1. The van der Waals surface area contributed by atoms with Crippen LogP contribution in [0.15, 0.2) is 0 Å². The molecule has 0 spiro atoms. The molecule has 4 heterocycles. The number of aromatic amines is 1. The molecule has 25 heavy (non-hydrogen) atoms. The van der Waals surface area contributed by atoms with Gasteiger partial charge in [-0.05, 0) is 26.8 Å². The third-order valence-corrected chi connectivity index (χ3v) is 5.64. The predicted octanol–water partition coefficient (Wildman–Crippen LogP) is 1.08. The number of fused-ring (bicyclic) bond motifs is 2. The molecule has 1 atom stereocenters. The molecule has 5 rings (SSSR count). The number of carbonyl (C=O) groups excluding carboxylic acids is 1. The molecular formula is C17H23N7O. The lowest BCUT2D eigenvalue weighted by Gasteiger charge is -2.33. The predicted molar refractivity (Wildman–Crippen MR) is 90.1 cm³/mol. The molecule has 2 aliphatic heterocycles. The number of aromatic nitrogens is 5. The third-order valence-electron chi connectivity index (χ3n) is 5.64. The van der Waals surface area contributed by atoms with Crippen molar-refractivity contribution in [2.45, 2.75) is 51.2 Å². The fourth-order valence-electron chi connectivity index (χ4n) is 3.92. The number of nitrogens with zero attached hydrogens (tertiary/aromatic N) is 6. The number of rotatable bonds is 2. The molecule has 0 saturated heterocycles. The topological polar surface area (TPSA) is 82.9 Å². The van der Waals surface area contributed by atoms with E-state index in [1.54, 1.807) is 0 Å². The Kier molecular flexibility index (Phi) is 3.25. The van der Waals surface area contributed by atoms with Gasteiger partial charge >= 0.3 is 0 Å². The average molecular weight is 341 g/mol. The van der Waals surface area contributed by atoms with Crippen molar-refractivity contribution < 1.29 is 4.79 Å². The first kappa shape index (κ1) is 15.1. The molecule has 3 aliphatic rings. The van der Waals surface area contributed by atoms with Crippen molar-refractivity contribution in [2.75, 3.05) is 20.1 Å². The Hall–Kier alpha value is -2.22. The van der Waals surface area contributed by atoms with E-state index < -0.39 is 0 Å². The summed E-state index contributed by atoms with van der Waals surface area (Å²) >= 11 is 0. The van der Waals surface area contributed by atoms with Gasteiger partial charge in [0.05, 0.1) is 12.6 Å². The minimum Gasteiger partial charge on any atom is -0.325 e. The van der Waals surface area contributed by atoms with Crippen LogP contribution in [0.2, 0.25) is 0 Å². The minimum atomic E-state index is -0.0741. The summed E-state index contributed by atoms with van der Waals surface area (Å²) < 4.78 is 1.98. The molecule has 132 valence electrons. The van der Waals surface area contributed by atoms with E-state index in [0.717, 1.165) is 42.4 Å². The Morgan fingerprint density at radius 1 is 1.24 bits per heavy atom. The van der Waals surface area contributed by atoms with Gasteiger partial charge in [-0.2, -0.15) is 10.2 Å². The largest absolute Gasteiger partial charge is 0.325 e. The summed E-state index contributed by atoms with van der Waals surface area (Å²) in [5.74, 6) is 2.39. The van der Waals surface area contributed by atoms with Crippen molar-refractivity contribution >= 4 is 5.91 Å². The molecule has 8 nitrogen and oxygen atoms in total. The second-order valence-electron chi connectivity index (χ2n) is 7.52. The molecule has 1 N–H and O–H groups in total. The van der Waals surface area contributed by atoms with Gasteiger partial charge in [0.25, 0.3) is 5.91 Å². The maximum absolute atomic E-state index is 13.2. The molecule has 0 unspecified atom stereocenters. The van der Waals surface area contributed by atoms with Crippen LogP contribution in [-0.4, -0.2) is 60.8 Å². The summed E-state index contributed by atoms with van der Waals surface area (Å²) in [4.78, 5) is 22.0. The van der Waals surface area contributed by atoms with Gasteiger partial charge in [-0.3, -0.25) is 9.89 Å². The van der Waals surface area contributed by atoms with Gasteiger partial charge < -0.3 is 9.80 Å². The van der Waals surface area contributed by atoms with E-state index in [1.165, 1.54) is 12.8 Å². The Morgan fingerprint density at radius 2 is 2.08 bits per heavy atom. The van der Waals surface area contributed by atoms with Gasteiger partial charge in [-0.25, -0.2) is 9.67 Å². The van der Waals surface area contributed by atoms with E-state index in [2.05, 4.69) is 27.2 Å². The SMILES string of the molecule is C[C@@H]1c2nc(C3CC3)nn2CCN1C(=O)c1n[nH]c2c1CN(C)CC2. The summed E-state index contributed by atoms with van der Waals surface area (Å²) in [6.45, 7) is 5.17. The van der Waals surface area contributed by atoms with Crippen LogP contribution in [-0.2, 0) is 19.5 Å². The van der Waals surface area contributed by atoms with E-state index in [1.807, 2.05) is 16.5 Å². The summed E-state index contributed by atoms with van der Waals surface area (Å²) in [7, 11) is 2.08. The van der Waals surface area contributed by atoms with Crippen molar-refractivity contribution in [1.29, 1.82) is 0 Å². The van der Waals surface area contributed by atoms with Crippen molar-refractivity contribution in [3.63, 3.8) is 0 Å². The second-order valence-corrected chi connectivity index (χ2v) is 7.52. The van der Waals surface area contributed by atoms with Gasteiger partial charge in [0.1, 0.15) is 5.82 Å². The quantitative estimate of drug-likeness (QED) is 0.884. The first-order valence-corrected chi connectivity index (χ1v) is 9.12. The van der Waals surface area contributed by atoms with Gasteiger partial charge in [0.2, 0.25) is 0 Å². The first-order valence-electron chi connectivity index (χ1n) is 9.12. The van der Waals surface area contributed by atoms with E-state index in [-0.39, 0.29) is 11.9 Å². The lowest BCUT2D eigenvalue weighted by molar-refractivity contribution is 0.0622. The third kappa shape index (κ3) is 2.38. The van der Waals surface area contributed by atoms with Gasteiger partial charge in [-0.1, -0.05) is 0 Å². The van der Waals surface area contributed by atoms with Crippen molar-refractivity contribution in [3.8, 4) is 0 Å². The number of likely N-dealkylation sites (N-methyl/N-ethyl adjacent to an activating group) is 1. The zero-order valence-corrected chi connectivity index (χ0v) is 14.7. The van der Waals surface area contributed by atoms with Crippen LogP contribution >= 0.6 is 0 Å². The molecule has 1 aliphatic carbocycles. The maximum atomic E-state index is 13.2. The van der Waals surface area contributed by atoms with Crippen LogP contribution in [0.3, 0.4) is 0 Å². The normalized spacial score (nSPS) is 23.4. The Balaban J connectivity index is 1.43.